The number of nitrogens with zero attached hydrogens (tertiary/aromatic N) is 6. The molecular weight excluding hydrogens is 407 g/mol. The monoisotopic (exact) mass is 434 g/mol. The van der Waals surface area contributed by atoms with Crippen molar-refractivity contribution >= 4 is 34.0 Å². The highest BCUT2D eigenvalue weighted by atomic mass is 32.1. The SMILES string of the molecule is CNC(=O)c1ccc(N2CCN(Cc3cnc(Nc4nccs4)n3C)CC2)c(F)n1.[HH].[HH]. The molecule has 0 bridgehead atoms. The van der Waals surface area contributed by atoms with E-state index >= 15 is 0 Å². The van der Waals surface area contributed by atoms with E-state index in [2.05, 4.69) is 30.5 Å². The number of hydrogen-bond acceptors (Lipinski definition) is 8. The van der Waals surface area contributed by atoms with Crippen LogP contribution in [-0.2, 0) is 13.6 Å². The summed E-state index contributed by atoms with van der Waals surface area (Å²) in [5.41, 5.74) is 1.60. The second-order valence-electron chi connectivity index (χ2n) is 6.94. The average Bonchev–Trinajstić information content (AvgIpc) is 3.39. The molecule has 2 N–H and O–H groups in total. The van der Waals surface area contributed by atoms with Crippen molar-refractivity contribution in [2.75, 3.05) is 43.4 Å². The molecule has 4 rings (SSSR count). The summed E-state index contributed by atoms with van der Waals surface area (Å²) in [6.07, 6.45) is 3.62. The van der Waals surface area contributed by atoms with Crippen LogP contribution in [0, 0.1) is 5.95 Å². The van der Waals surface area contributed by atoms with E-state index in [1.54, 1.807) is 18.3 Å². The van der Waals surface area contributed by atoms with E-state index in [-0.39, 0.29) is 8.55 Å². The predicted molar refractivity (Wildman–Crippen MR) is 118 cm³/mol. The number of carbonyl (C=O) groups excluding carboxylic acids is 1. The largest absolute Gasteiger partial charge is 0.365 e. The third-order valence-corrected chi connectivity index (χ3v) is 5.81. The molecule has 1 fully saturated rings. The molecule has 1 amide bonds. The quantitative estimate of drug-likeness (QED) is 0.576. The van der Waals surface area contributed by atoms with Crippen LogP contribution in [-0.4, -0.2) is 63.6 Å². The fourth-order valence-electron chi connectivity index (χ4n) is 3.38. The van der Waals surface area contributed by atoms with Gasteiger partial charge in [0.05, 0.1) is 17.6 Å². The summed E-state index contributed by atoms with van der Waals surface area (Å²) in [6.45, 7) is 3.70. The number of nitrogens with one attached hydrogen (secondary N) is 2. The molecule has 0 aromatic carbocycles. The Labute approximate surface area is 180 Å². The number of hydrogen-bond donors (Lipinski definition) is 2. The van der Waals surface area contributed by atoms with Gasteiger partial charge in [-0.1, -0.05) is 0 Å². The molecule has 1 saturated heterocycles. The van der Waals surface area contributed by atoms with Gasteiger partial charge in [-0.2, -0.15) is 4.39 Å². The molecule has 11 heteroatoms. The van der Waals surface area contributed by atoms with Crippen molar-refractivity contribution < 1.29 is 12.0 Å². The maximum Gasteiger partial charge on any atom is 0.269 e. The summed E-state index contributed by atoms with van der Waals surface area (Å²) in [7, 11) is 3.47. The van der Waals surface area contributed by atoms with Gasteiger partial charge in [-0.25, -0.2) is 15.0 Å². The fraction of sp³-hybridized carbons (Fsp3) is 0.368. The molecule has 3 aromatic heterocycles. The van der Waals surface area contributed by atoms with E-state index < -0.39 is 11.9 Å². The number of piperazine rings is 1. The van der Waals surface area contributed by atoms with E-state index in [1.807, 2.05) is 28.1 Å². The third-order valence-electron chi connectivity index (χ3n) is 5.12. The number of rotatable bonds is 6. The van der Waals surface area contributed by atoms with Gasteiger partial charge in [0.1, 0.15) is 5.69 Å². The van der Waals surface area contributed by atoms with Crippen LogP contribution in [0.4, 0.5) is 21.2 Å². The first-order valence-corrected chi connectivity index (χ1v) is 10.5. The van der Waals surface area contributed by atoms with Gasteiger partial charge in [0.25, 0.3) is 5.91 Å². The number of carbonyl (C=O) groups is 1. The van der Waals surface area contributed by atoms with Gasteiger partial charge >= 0.3 is 0 Å². The lowest BCUT2D eigenvalue weighted by Gasteiger charge is -2.36. The minimum Gasteiger partial charge on any atom is -0.365 e. The zero-order valence-electron chi connectivity index (χ0n) is 16.8. The lowest BCUT2D eigenvalue weighted by Crippen LogP contribution is -2.46. The van der Waals surface area contributed by atoms with Crippen LogP contribution >= 0.6 is 11.3 Å². The van der Waals surface area contributed by atoms with E-state index in [0.29, 0.717) is 18.8 Å². The first-order chi connectivity index (χ1) is 14.5. The van der Waals surface area contributed by atoms with Gasteiger partial charge in [0.15, 0.2) is 5.13 Å². The zero-order valence-corrected chi connectivity index (χ0v) is 17.6. The van der Waals surface area contributed by atoms with Gasteiger partial charge < -0.3 is 20.1 Å². The van der Waals surface area contributed by atoms with Crippen LogP contribution in [0.2, 0.25) is 0 Å². The summed E-state index contributed by atoms with van der Waals surface area (Å²) in [5.74, 6) is -0.262. The number of halogens is 1. The molecule has 0 spiro atoms. The van der Waals surface area contributed by atoms with Crippen molar-refractivity contribution in [3.8, 4) is 0 Å². The number of imidazole rings is 1. The Hall–Kier alpha value is -3.05. The Bertz CT molecular complexity index is 1020. The Kier molecular flexibility index (Phi) is 5.91. The molecule has 162 valence electrons. The summed E-state index contributed by atoms with van der Waals surface area (Å²) in [4.78, 5) is 28.4. The van der Waals surface area contributed by atoms with Gasteiger partial charge in [-0.3, -0.25) is 9.69 Å². The normalized spacial score (nSPS) is 14.7. The smallest absolute Gasteiger partial charge is 0.269 e. The van der Waals surface area contributed by atoms with Crippen molar-refractivity contribution in [3.05, 3.63) is 47.2 Å². The van der Waals surface area contributed by atoms with E-state index in [9.17, 15) is 9.18 Å². The standard InChI is InChI=1S/C19H23FN8OS.2H2/c1-21-17(29)14-3-4-15(16(20)24-14)28-8-6-27(7-9-28)12-13-11-23-18(26(13)2)25-19-22-5-10-30-19;;/h3-5,10-11H,6-9,12H2,1-2H3,(H,21,29)(H,22,23,25);2*1H. The maximum absolute atomic E-state index is 14.4. The number of thiazole rings is 1. The minimum absolute atomic E-state index is 0. The van der Waals surface area contributed by atoms with Crippen molar-refractivity contribution in [2.24, 2.45) is 7.05 Å². The fourth-order valence-corrected chi connectivity index (χ4v) is 3.90. The summed E-state index contributed by atoms with van der Waals surface area (Å²) >= 11 is 1.52. The molecule has 0 saturated carbocycles. The topological polar surface area (TPSA) is 91.2 Å². The van der Waals surface area contributed by atoms with Gasteiger partial charge in [0.2, 0.25) is 11.9 Å². The van der Waals surface area contributed by atoms with E-state index in [4.69, 9.17) is 0 Å². The molecular formula is C19H27FN8OS. The van der Waals surface area contributed by atoms with Crippen LogP contribution in [0.15, 0.2) is 29.9 Å². The number of pyridine rings is 1. The highest BCUT2D eigenvalue weighted by Crippen LogP contribution is 2.22. The van der Waals surface area contributed by atoms with Crippen LogP contribution in [0.3, 0.4) is 0 Å². The van der Waals surface area contributed by atoms with Crippen molar-refractivity contribution in [1.29, 1.82) is 0 Å². The Morgan fingerprint density at radius 3 is 2.73 bits per heavy atom. The zero-order chi connectivity index (χ0) is 21.1. The van der Waals surface area contributed by atoms with Crippen LogP contribution < -0.4 is 15.5 Å². The minimum atomic E-state index is -0.617. The lowest BCUT2D eigenvalue weighted by atomic mass is 10.2. The number of aromatic nitrogens is 4. The first kappa shape index (κ1) is 20.2. The van der Waals surface area contributed by atoms with Crippen molar-refractivity contribution in [1.82, 2.24) is 29.7 Å². The van der Waals surface area contributed by atoms with Crippen LogP contribution in [0.1, 0.15) is 19.0 Å². The highest BCUT2D eigenvalue weighted by molar-refractivity contribution is 7.13. The molecule has 0 atom stereocenters. The second kappa shape index (κ2) is 8.76. The molecule has 1 aliphatic heterocycles. The molecule has 0 aliphatic carbocycles. The Balaban J connectivity index is 0.00000181. The highest BCUT2D eigenvalue weighted by Gasteiger charge is 2.22. The molecule has 0 radical (unpaired) electrons. The summed E-state index contributed by atoms with van der Waals surface area (Å²) in [5, 5.41) is 8.39. The maximum atomic E-state index is 14.4. The Morgan fingerprint density at radius 2 is 2.07 bits per heavy atom. The summed E-state index contributed by atoms with van der Waals surface area (Å²) in [6, 6.07) is 3.18. The second-order valence-corrected chi connectivity index (χ2v) is 7.84. The molecule has 3 aromatic rings. The molecule has 0 unspecified atom stereocenters. The van der Waals surface area contributed by atoms with Gasteiger partial charge in [0, 0.05) is 61.2 Å². The predicted octanol–water partition coefficient (Wildman–Crippen LogP) is 2.33. The van der Waals surface area contributed by atoms with E-state index in [0.717, 1.165) is 36.4 Å². The molecule has 30 heavy (non-hydrogen) atoms. The van der Waals surface area contributed by atoms with Gasteiger partial charge in [-0.05, 0) is 12.1 Å². The van der Waals surface area contributed by atoms with Crippen LogP contribution in [0.25, 0.3) is 0 Å². The van der Waals surface area contributed by atoms with Crippen molar-refractivity contribution in [2.45, 2.75) is 6.54 Å². The van der Waals surface area contributed by atoms with Crippen LogP contribution in [0.5, 0.6) is 0 Å². The first-order valence-electron chi connectivity index (χ1n) is 9.58. The van der Waals surface area contributed by atoms with Gasteiger partial charge in [-0.15, -0.1) is 11.3 Å². The van der Waals surface area contributed by atoms with E-state index in [1.165, 1.54) is 18.4 Å². The average molecular weight is 435 g/mol. The Morgan fingerprint density at radius 1 is 1.27 bits per heavy atom. The number of amides is 1. The molecule has 4 heterocycles. The number of anilines is 3. The third kappa shape index (κ3) is 4.26. The molecule has 1 aliphatic rings. The molecule has 9 nitrogen and oxygen atoms in total. The lowest BCUT2D eigenvalue weighted by molar-refractivity contribution is 0.0957. The summed E-state index contributed by atoms with van der Waals surface area (Å²) < 4.78 is 16.4. The van der Waals surface area contributed by atoms with Crippen molar-refractivity contribution in [3.63, 3.8) is 0 Å².